The molecular formula is C13H14N4O. The normalized spacial score (nSPS) is 19.0. The standard InChI is InChI=1S/C13H14N4O/c18-12-7-11(10-3-6-15-8-10)16-13(17-12)9-1-4-14-5-2-9/h1-2,4-5,7,10,15H,3,6,8H2,(H,16,17,18). The highest BCUT2D eigenvalue weighted by molar-refractivity contribution is 5.53. The van der Waals surface area contributed by atoms with Crippen LogP contribution in [0.1, 0.15) is 18.0 Å². The van der Waals surface area contributed by atoms with Gasteiger partial charge in [0.1, 0.15) is 5.82 Å². The fraction of sp³-hybridized carbons (Fsp3) is 0.308. The van der Waals surface area contributed by atoms with Gasteiger partial charge in [-0.05, 0) is 25.1 Å². The van der Waals surface area contributed by atoms with Crippen molar-refractivity contribution in [1.82, 2.24) is 20.3 Å². The number of rotatable bonds is 2. The second-order valence-corrected chi connectivity index (χ2v) is 4.44. The van der Waals surface area contributed by atoms with Crippen LogP contribution in [0.2, 0.25) is 0 Å². The lowest BCUT2D eigenvalue weighted by atomic mass is 10.0. The summed E-state index contributed by atoms with van der Waals surface area (Å²) >= 11 is 0. The van der Waals surface area contributed by atoms with Gasteiger partial charge in [0.25, 0.3) is 5.56 Å². The summed E-state index contributed by atoms with van der Waals surface area (Å²) in [6.45, 7) is 1.88. The second kappa shape index (κ2) is 4.70. The summed E-state index contributed by atoms with van der Waals surface area (Å²) in [6.07, 6.45) is 4.42. The minimum absolute atomic E-state index is 0.0984. The van der Waals surface area contributed by atoms with E-state index in [4.69, 9.17) is 0 Å². The first kappa shape index (κ1) is 11.1. The average molecular weight is 242 g/mol. The maximum Gasteiger partial charge on any atom is 0.251 e. The molecule has 18 heavy (non-hydrogen) atoms. The third kappa shape index (κ3) is 2.17. The van der Waals surface area contributed by atoms with E-state index in [1.165, 1.54) is 0 Å². The van der Waals surface area contributed by atoms with E-state index < -0.39 is 0 Å². The monoisotopic (exact) mass is 242 g/mol. The van der Waals surface area contributed by atoms with Crippen molar-refractivity contribution in [2.75, 3.05) is 13.1 Å². The molecule has 0 aromatic carbocycles. The van der Waals surface area contributed by atoms with Gasteiger partial charge in [0, 0.05) is 36.5 Å². The first-order valence-corrected chi connectivity index (χ1v) is 6.05. The molecule has 2 N–H and O–H groups in total. The summed E-state index contributed by atoms with van der Waals surface area (Å²) in [7, 11) is 0. The SMILES string of the molecule is O=c1cc(C2CCNC2)nc(-c2ccncc2)[nH]1. The van der Waals surface area contributed by atoms with Crippen molar-refractivity contribution in [3.63, 3.8) is 0 Å². The predicted octanol–water partition coefficient (Wildman–Crippen LogP) is 0.909. The van der Waals surface area contributed by atoms with Crippen molar-refractivity contribution >= 4 is 0 Å². The molecule has 0 bridgehead atoms. The minimum atomic E-state index is -0.0984. The van der Waals surface area contributed by atoms with Gasteiger partial charge in [-0.15, -0.1) is 0 Å². The van der Waals surface area contributed by atoms with E-state index in [1.807, 2.05) is 12.1 Å². The lowest BCUT2D eigenvalue weighted by Crippen LogP contribution is -2.15. The van der Waals surface area contributed by atoms with Gasteiger partial charge < -0.3 is 10.3 Å². The van der Waals surface area contributed by atoms with Crippen LogP contribution >= 0.6 is 0 Å². The molecule has 2 aromatic rings. The van der Waals surface area contributed by atoms with Crippen LogP contribution < -0.4 is 10.9 Å². The summed E-state index contributed by atoms with van der Waals surface area (Å²) in [6, 6.07) is 5.28. The van der Waals surface area contributed by atoms with Gasteiger partial charge in [-0.2, -0.15) is 0 Å². The van der Waals surface area contributed by atoms with Gasteiger partial charge in [0.15, 0.2) is 0 Å². The summed E-state index contributed by atoms with van der Waals surface area (Å²) in [5.74, 6) is 0.958. The number of hydrogen-bond donors (Lipinski definition) is 2. The Morgan fingerprint density at radius 2 is 2.11 bits per heavy atom. The van der Waals surface area contributed by atoms with E-state index in [0.29, 0.717) is 11.7 Å². The van der Waals surface area contributed by atoms with E-state index in [-0.39, 0.29) is 5.56 Å². The Morgan fingerprint density at radius 1 is 1.28 bits per heavy atom. The maximum atomic E-state index is 11.7. The van der Waals surface area contributed by atoms with Gasteiger partial charge in [-0.25, -0.2) is 4.98 Å². The van der Waals surface area contributed by atoms with Crippen molar-refractivity contribution < 1.29 is 0 Å². The smallest absolute Gasteiger partial charge is 0.251 e. The van der Waals surface area contributed by atoms with Crippen molar-refractivity contribution in [2.24, 2.45) is 0 Å². The number of aromatic amines is 1. The molecule has 1 aliphatic rings. The molecule has 2 aromatic heterocycles. The van der Waals surface area contributed by atoms with Crippen LogP contribution in [0.5, 0.6) is 0 Å². The topological polar surface area (TPSA) is 70.7 Å². The van der Waals surface area contributed by atoms with E-state index in [2.05, 4.69) is 20.3 Å². The Balaban J connectivity index is 2.03. The molecule has 1 unspecified atom stereocenters. The van der Waals surface area contributed by atoms with Crippen LogP contribution in [0.4, 0.5) is 0 Å². The van der Waals surface area contributed by atoms with Crippen LogP contribution in [-0.4, -0.2) is 28.0 Å². The van der Waals surface area contributed by atoms with E-state index in [0.717, 1.165) is 30.8 Å². The highest BCUT2D eigenvalue weighted by Crippen LogP contribution is 2.21. The molecule has 1 aliphatic heterocycles. The van der Waals surface area contributed by atoms with Gasteiger partial charge in [0.2, 0.25) is 0 Å². The van der Waals surface area contributed by atoms with Crippen molar-refractivity contribution in [2.45, 2.75) is 12.3 Å². The van der Waals surface area contributed by atoms with Crippen LogP contribution in [0.15, 0.2) is 35.4 Å². The van der Waals surface area contributed by atoms with E-state index >= 15 is 0 Å². The van der Waals surface area contributed by atoms with Crippen molar-refractivity contribution in [3.8, 4) is 11.4 Å². The third-order valence-corrected chi connectivity index (χ3v) is 3.19. The first-order valence-electron chi connectivity index (χ1n) is 6.05. The Hall–Kier alpha value is -2.01. The molecule has 92 valence electrons. The van der Waals surface area contributed by atoms with Crippen LogP contribution in [0, 0.1) is 0 Å². The lowest BCUT2D eigenvalue weighted by Gasteiger charge is -2.09. The Morgan fingerprint density at radius 3 is 2.83 bits per heavy atom. The summed E-state index contributed by atoms with van der Waals surface area (Å²) in [5, 5.41) is 3.29. The van der Waals surface area contributed by atoms with Gasteiger partial charge in [-0.1, -0.05) is 0 Å². The maximum absolute atomic E-state index is 11.7. The molecule has 3 rings (SSSR count). The summed E-state index contributed by atoms with van der Waals surface area (Å²) in [4.78, 5) is 23.0. The largest absolute Gasteiger partial charge is 0.316 e. The summed E-state index contributed by atoms with van der Waals surface area (Å²) < 4.78 is 0. The second-order valence-electron chi connectivity index (χ2n) is 4.44. The number of hydrogen-bond acceptors (Lipinski definition) is 4. The van der Waals surface area contributed by atoms with Gasteiger partial charge in [0.05, 0.1) is 5.69 Å². The number of pyridine rings is 1. The summed E-state index contributed by atoms with van der Waals surface area (Å²) in [5.41, 5.74) is 1.66. The van der Waals surface area contributed by atoms with Crippen molar-refractivity contribution in [1.29, 1.82) is 0 Å². The highest BCUT2D eigenvalue weighted by atomic mass is 16.1. The molecule has 0 spiro atoms. The number of nitrogens with one attached hydrogen (secondary N) is 2. The molecule has 0 radical (unpaired) electrons. The zero-order chi connectivity index (χ0) is 12.4. The molecule has 0 aliphatic carbocycles. The Labute approximate surface area is 104 Å². The molecule has 5 heteroatoms. The van der Waals surface area contributed by atoms with Crippen LogP contribution in [0.3, 0.4) is 0 Å². The fourth-order valence-electron chi connectivity index (χ4n) is 2.24. The van der Waals surface area contributed by atoms with Gasteiger partial charge >= 0.3 is 0 Å². The minimum Gasteiger partial charge on any atom is -0.316 e. The molecule has 1 atom stereocenters. The molecule has 0 amide bonds. The first-order chi connectivity index (χ1) is 8.83. The molecule has 1 saturated heterocycles. The third-order valence-electron chi connectivity index (χ3n) is 3.19. The van der Waals surface area contributed by atoms with E-state index in [1.54, 1.807) is 18.5 Å². The average Bonchev–Trinajstić information content (AvgIpc) is 2.93. The Bertz CT molecular complexity index is 587. The Kier molecular flexibility index (Phi) is 2.90. The molecule has 3 heterocycles. The molecule has 0 saturated carbocycles. The predicted molar refractivity (Wildman–Crippen MR) is 68.3 cm³/mol. The highest BCUT2D eigenvalue weighted by Gasteiger charge is 2.19. The van der Waals surface area contributed by atoms with Gasteiger partial charge in [-0.3, -0.25) is 9.78 Å². The molecular weight excluding hydrogens is 228 g/mol. The zero-order valence-corrected chi connectivity index (χ0v) is 9.89. The van der Waals surface area contributed by atoms with E-state index in [9.17, 15) is 4.79 Å². The van der Waals surface area contributed by atoms with Crippen LogP contribution in [-0.2, 0) is 0 Å². The number of aromatic nitrogens is 3. The lowest BCUT2D eigenvalue weighted by molar-refractivity contribution is 0.729. The quantitative estimate of drug-likeness (QED) is 0.821. The zero-order valence-electron chi connectivity index (χ0n) is 9.89. The molecule has 1 fully saturated rings. The van der Waals surface area contributed by atoms with Crippen molar-refractivity contribution in [3.05, 3.63) is 46.6 Å². The van der Waals surface area contributed by atoms with Crippen LogP contribution in [0.25, 0.3) is 11.4 Å². The number of H-pyrrole nitrogens is 1. The fourth-order valence-corrected chi connectivity index (χ4v) is 2.24. The number of nitrogens with zero attached hydrogens (tertiary/aromatic N) is 2. The molecule has 5 nitrogen and oxygen atoms in total.